The molecule has 2 aromatic carbocycles. The molecule has 0 aliphatic rings. The standard InChI is InChI=1S/C21H26ClNO3/c1-14-12-19(13-15(2)20(14)22)26-16(3)21(24)23-11-5-6-17-7-9-18(25-4)10-8-17/h7-10,12-13,16H,5-6,11H2,1-4H3,(H,23,24)/t16-/m1/s1. The van der Waals surface area contributed by atoms with Gasteiger partial charge in [0.2, 0.25) is 0 Å². The molecule has 2 aromatic rings. The molecule has 5 heteroatoms. The van der Waals surface area contributed by atoms with Gasteiger partial charge in [0.05, 0.1) is 7.11 Å². The van der Waals surface area contributed by atoms with Crippen LogP contribution in [-0.4, -0.2) is 25.7 Å². The van der Waals surface area contributed by atoms with Crippen LogP contribution >= 0.6 is 11.6 Å². The number of nitrogens with one attached hydrogen (secondary N) is 1. The first-order valence-corrected chi connectivity index (χ1v) is 9.12. The second-order valence-corrected chi connectivity index (χ2v) is 6.75. The van der Waals surface area contributed by atoms with E-state index in [1.165, 1.54) is 5.56 Å². The van der Waals surface area contributed by atoms with Crippen LogP contribution in [0, 0.1) is 13.8 Å². The number of hydrogen-bond donors (Lipinski definition) is 1. The summed E-state index contributed by atoms with van der Waals surface area (Å²) in [5.74, 6) is 1.39. The molecule has 0 aliphatic heterocycles. The predicted molar refractivity (Wildman–Crippen MR) is 105 cm³/mol. The molecule has 0 saturated carbocycles. The Kier molecular flexibility index (Phi) is 7.34. The number of benzene rings is 2. The lowest BCUT2D eigenvalue weighted by Gasteiger charge is -2.16. The van der Waals surface area contributed by atoms with Crippen LogP contribution in [0.1, 0.15) is 30.0 Å². The third kappa shape index (κ3) is 5.67. The van der Waals surface area contributed by atoms with Crippen LogP contribution < -0.4 is 14.8 Å². The number of methoxy groups -OCH3 is 1. The fourth-order valence-corrected chi connectivity index (χ4v) is 2.78. The van der Waals surface area contributed by atoms with Crippen molar-refractivity contribution in [2.24, 2.45) is 0 Å². The first-order valence-electron chi connectivity index (χ1n) is 8.74. The van der Waals surface area contributed by atoms with Crippen LogP contribution in [-0.2, 0) is 11.2 Å². The zero-order valence-corrected chi connectivity index (χ0v) is 16.5. The van der Waals surface area contributed by atoms with E-state index in [1.54, 1.807) is 14.0 Å². The van der Waals surface area contributed by atoms with Crippen molar-refractivity contribution >= 4 is 17.5 Å². The molecule has 0 fully saturated rings. The van der Waals surface area contributed by atoms with E-state index < -0.39 is 6.10 Å². The van der Waals surface area contributed by atoms with Crippen molar-refractivity contribution in [3.05, 3.63) is 58.1 Å². The second kappa shape index (κ2) is 9.48. The van der Waals surface area contributed by atoms with Gasteiger partial charge in [0.1, 0.15) is 11.5 Å². The summed E-state index contributed by atoms with van der Waals surface area (Å²) in [6, 6.07) is 11.7. The number of hydrogen-bond acceptors (Lipinski definition) is 3. The molecule has 26 heavy (non-hydrogen) atoms. The molecule has 0 radical (unpaired) electrons. The van der Waals surface area contributed by atoms with Crippen molar-refractivity contribution < 1.29 is 14.3 Å². The summed E-state index contributed by atoms with van der Waals surface area (Å²) < 4.78 is 10.9. The second-order valence-electron chi connectivity index (χ2n) is 6.37. The number of amides is 1. The Labute approximate surface area is 160 Å². The maximum Gasteiger partial charge on any atom is 0.260 e. The van der Waals surface area contributed by atoms with Gasteiger partial charge in [-0.25, -0.2) is 0 Å². The summed E-state index contributed by atoms with van der Waals surface area (Å²) in [7, 11) is 1.65. The molecular weight excluding hydrogens is 350 g/mol. The minimum Gasteiger partial charge on any atom is -0.497 e. The van der Waals surface area contributed by atoms with Crippen molar-refractivity contribution in [3.63, 3.8) is 0 Å². The van der Waals surface area contributed by atoms with Crippen LogP contribution in [0.25, 0.3) is 0 Å². The molecule has 0 unspecified atom stereocenters. The van der Waals surface area contributed by atoms with Gasteiger partial charge in [-0.15, -0.1) is 0 Å². The molecule has 2 rings (SSSR count). The SMILES string of the molecule is COc1ccc(CCCNC(=O)[C@@H](C)Oc2cc(C)c(Cl)c(C)c2)cc1. The minimum absolute atomic E-state index is 0.120. The van der Waals surface area contributed by atoms with Crippen molar-refractivity contribution in [1.82, 2.24) is 5.32 Å². The minimum atomic E-state index is -0.559. The van der Waals surface area contributed by atoms with Crippen LogP contribution in [0.4, 0.5) is 0 Å². The van der Waals surface area contributed by atoms with Crippen LogP contribution in [0.5, 0.6) is 11.5 Å². The molecule has 4 nitrogen and oxygen atoms in total. The van der Waals surface area contributed by atoms with Gasteiger partial charge < -0.3 is 14.8 Å². The van der Waals surface area contributed by atoms with E-state index in [0.29, 0.717) is 12.3 Å². The molecule has 1 atom stereocenters. The van der Waals surface area contributed by atoms with E-state index in [1.807, 2.05) is 50.2 Å². The van der Waals surface area contributed by atoms with E-state index >= 15 is 0 Å². The largest absolute Gasteiger partial charge is 0.497 e. The zero-order valence-electron chi connectivity index (χ0n) is 15.8. The van der Waals surface area contributed by atoms with Crippen LogP contribution in [0.3, 0.4) is 0 Å². The Hall–Kier alpha value is -2.20. The zero-order chi connectivity index (χ0) is 19.1. The fourth-order valence-electron chi connectivity index (χ4n) is 2.67. The van der Waals surface area contributed by atoms with Gasteiger partial charge in [-0.05, 0) is 74.6 Å². The fraction of sp³-hybridized carbons (Fsp3) is 0.381. The molecule has 0 bridgehead atoms. The lowest BCUT2D eigenvalue weighted by atomic mass is 10.1. The van der Waals surface area contributed by atoms with Crippen molar-refractivity contribution in [3.8, 4) is 11.5 Å². The van der Waals surface area contributed by atoms with Gasteiger partial charge in [-0.3, -0.25) is 4.79 Å². The van der Waals surface area contributed by atoms with E-state index in [2.05, 4.69) is 5.32 Å². The number of ether oxygens (including phenoxy) is 2. The van der Waals surface area contributed by atoms with E-state index in [9.17, 15) is 4.79 Å². The quantitative estimate of drug-likeness (QED) is 0.692. The van der Waals surface area contributed by atoms with Gasteiger partial charge in [-0.2, -0.15) is 0 Å². The van der Waals surface area contributed by atoms with Crippen LogP contribution in [0.15, 0.2) is 36.4 Å². The highest BCUT2D eigenvalue weighted by Crippen LogP contribution is 2.26. The Morgan fingerprint density at radius 1 is 1.12 bits per heavy atom. The lowest BCUT2D eigenvalue weighted by Crippen LogP contribution is -2.37. The molecule has 0 saturated heterocycles. The Balaban J connectivity index is 1.76. The maximum atomic E-state index is 12.2. The molecule has 0 aromatic heterocycles. The number of halogens is 1. The van der Waals surface area contributed by atoms with E-state index in [0.717, 1.165) is 34.7 Å². The topological polar surface area (TPSA) is 47.6 Å². The molecule has 0 heterocycles. The summed E-state index contributed by atoms with van der Waals surface area (Å²) in [6.07, 6.45) is 1.20. The van der Waals surface area contributed by atoms with Crippen molar-refractivity contribution in [2.75, 3.05) is 13.7 Å². The smallest absolute Gasteiger partial charge is 0.260 e. The summed E-state index contributed by atoms with van der Waals surface area (Å²) in [6.45, 7) is 6.20. The van der Waals surface area contributed by atoms with Gasteiger partial charge in [-0.1, -0.05) is 23.7 Å². The summed E-state index contributed by atoms with van der Waals surface area (Å²) >= 11 is 6.16. The van der Waals surface area contributed by atoms with Gasteiger partial charge in [0.15, 0.2) is 6.10 Å². The van der Waals surface area contributed by atoms with Gasteiger partial charge >= 0.3 is 0 Å². The first kappa shape index (κ1) is 20.1. The number of aryl methyl sites for hydroxylation is 3. The van der Waals surface area contributed by atoms with Gasteiger partial charge in [0.25, 0.3) is 5.91 Å². The average Bonchev–Trinajstić information content (AvgIpc) is 2.63. The van der Waals surface area contributed by atoms with Gasteiger partial charge in [0, 0.05) is 11.6 Å². The van der Waals surface area contributed by atoms with E-state index in [4.69, 9.17) is 21.1 Å². The summed E-state index contributed by atoms with van der Waals surface area (Å²) in [5, 5.41) is 3.65. The van der Waals surface area contributed by atoms with Crippen molar-refractivity contribution in [2.45, 2.75) is 39.7 Å². The molecule has 1 N–H and O–H groups in total. The molecule has 1 amide bonds. The predicted octanol–water partition coefficient (Wildman–Crippen LogP) is 4.48. The Morgan fingerprint density at radius 2 is 1.73 bits per heavy atom. The number of carbonyl (C=O) groups excluding carboxylic acids is 1. The lowest BCUT2D eigenvalue weighted by molar-refractivity contribution is -0.127. The Morgan fingerprint density at radius 3 is 2.31 bits per heavy atom. The average molecular weight is 376 g/mol. The number of rotatable bonds is 8. The third-order valence-electron chi connectivity index (χ3n) is 4.19. The molecular formula is C21H26ClNO3. The summed E-state index contributed by atoms with van der Waals surface area (Å²) in [5.41, 5.74) is 3.10. The van der Waals surface area contributed by atoms with Crippen LogP contribution in [0.2, 0.25) is 5.02 Å². The normalized spacial score (nSPS) is 11.7. The van der Waals surface area contributed by atoms with E-state index in [-0.39, 0.29) is 5.91 Å². The first-order chi connectivity index (χ1) is 12.4. The molecule has 0 aliphatic carbocycles. The number of carbonyl (C=O) groups is 1. The highest BCUT2D eigenvalue weighted by Gasteiger charge is 2.15. The Bertz CT molecular complexity index is 720. The third-order valence-corrected chi connectivity index (χ3v) is 4.79. The molecule has 140 valence electrons. The van der Waals surface area contributed by atoms with Crippen molar-refractivity contribution in [1.29, 1.82) is 0 Å². The maximum absolute atomic E-state index is 12.2. The highest BCUT2D eigenvalue weighted by atomic mass is 35.5. The monoisotopic (exact) mass is 375 g/mol. The summed E-state index contributed by atoms with van der Waals surface area (Å²) in [4.78, 5) is 12.2. The molecule has 0 spiro atoms. The highest BCUT2D eigenvalue weighted by molar-refractivity contribution is 6.32.